The molecule has 0 heterocycles. The van der Waals surface area contributed by atoms with Gasteiger partial charge in [0, 0.05) is 12.2 Å². The monoisotopic (exact) mass is 358 g/mol. The lowest BCUT2D eigenvalue weighted by atomic mass is 10.3. The van der Waals surface area contributed by atoms with Gasteiger partial charge in [-0.15, -0.1) is 12.4 Å². The van der Waals surface area contributed by atoms with Crippen molar-refractivity contribution in [2.24, 2.45) is 0 Å². The van der Waals surface area contributed by atoms with Gasteiger partial charge in [-0.1, -0.05) is 33.6 Å². The van der Waals surface area contributed by atoms with Gasteiger partial charge in [0.15, 0.2) is 0 Å². The molecule has 0 unspecified atom stereocenters. The Morgan fingerprint density at radius 2 is 1.71 bits per heavy atom. The molecule has 1 aromatic rings. The van der Waals surface area contributed by atoms with Crippen LogP contribution in [0, 0.1) is 0 Å². The Balaban J connectivity index is 0.00000529. The second kappa shape index (κ2) is 13.9. The highest BCUT2D eigenvalue weighted by Gasteiger charge is 2.04. The lowest BCUT2D eigenvalue weighted by Crippen LogP contribution is -2.27. The van der Waals surface area contributed by atoms with Crippen LogP contribution in [-0.4, -0.2) is 43.8 Å². The van der Waals surface area contributed by atoms with E-state index in [1.807, 2.05) is 24.3 Å². The van der Waals surface area contributed by atoms with Gasteiger partial charge < -0.3 is 14.4 Å². The molecular weight excluding hydrogens is 328 g/mol. The lowest BCUT2D eigenvalue weighted by Gasteiger charge is -2.18. The summed E-state index contributed by atoms with van der Waals surface area (Å²) in [6, 6.07) is 7.35. The van der Waals surface area contributed by atoms with E-state index in [1.165, 1.54) is 0 Å². The number of carbonyl (C=O) groups is 1. The van der Waals surface area contributed by atoms with E-state index >= 15 is 0 Å². The molecule has 1 amide bonds. The first-order valence-corrected chi connectivity index (χ1v) is 8.58. The Morgan fingerprint density at radius 1 is 1.04 bits per heavy atom. The first-order valence-electron chi connectivity index (χ1n) is 8.58. The molecule has 0 saturated heterocycles. The van der Waals surface area contributed by atoms with E-state index in [0.717, 1.165) is 44.6 Å². The maximum Gasteiger partial charge on any atom is 0.411 e. The number of likely N-dealkylation sites (N-methyl/N-ethyl adjacent to an activating group) is 1. The summed E-state index contributed by atoms with van der Waals surface area (Å²) in [5, 5.41) is 2.71. The van der Waals surface area contributed by atoms with Gasteiger partial charge >= 0.3 is 6.09 Å². The Morgan fingerprint density at radius 3 is 2.29 bits per heavy atom. The maximum absolute atomic E-state index is 11.6. The fourth-order valence-corrected chi connectivity index (χ4v) is 2.14. The van der Waals surface area contributed by atoms with Gasteiger partial charge in [0.1, 0.15) is 12.4 Å². The molecule has 0 bridgehead atoms. The summed E-state index contributed by atoms with van der Waals surface area (Å²) in [4.78, 5) is 13.9. The largest absolute Gasteiger partial charge is 0.492 e. The van der Waals surface area contributed by atoms with Crippen molar-refractivity contribution in [1.29, 1.82) is 0 Å². The van der Waals surface area contributed by atoms with Crippen LogP contribution in [0.15, 0.2) is 24.3 Å². The van der Waals surface area contributed by atoms with Crippen molar-refractivity contribution in [1.82, 2.24) is 4.90 Å². The Labute approximate surface area is 152 Å². The van der Waals surface area contributed by atoms with Gasteiger partial charge in [-0.25, -0.2) is 4.79 Å². The summed E-state index contributed by atoms with van der Waals surface area (Å²) in [6.07, 6.45) is 2.69. The van der Waals surface area contributed by atoms with E-state index in [0.29, 0.717) is 18.9 Å². The van der Waals surface area contributed by atoms with Crippen LogP contribution in [-0.2, 0) is 4.74 Å². The van der Waals surface area contributed by atoms with Gasteiger partial charge in [0.2, 0.25) is 0 Å². The molecule has 0 aliphatic rings. The number of hydrogen-bond acceptors (Lipinski definition) is 4. The maximum atomic E-state index is 11.6. The third-order valence-electron chi connectivity index (χ3n) is 3.65. The average molecular weight is 359 g/mol. The normalized spacial score (nSPS) is 10.2. The third kappa shape index (κ3) is 9.63. The average Bonchev–Trinajstić information content (AvgIpc) is 2.57. The van der Waals surface area contributed by atoms with E-state index in [1.54, 1.807) is 0 Å². The number of carbonyl (C=O) groups excluding carboxylic acids is 1. The molecule has 1 aromatic carbocycles. The van der Waals surface area contributed by atoms with Gasteiger partial charge in [-0.3, -0.25) is 5.32 Å². The predicted molar refractivity (Wildman–Crippen MR) is 101 cm³/mol. The van der Waals surface area contributed by atoms with Crippen LogP contribution in [0.5, 0.6) is 5.75 Å². The van der Waals surface area contributed by atoms with Crippen molar-refractivity contribution in [2.45, 2.75) is 40.0 Å². The molecule has 0 aliphatic carbocycles. The number of benzene rings is 1. The summed E-state index contributed by atoms with van der Waals surface area (Å²) in [7, 11) is 0. The minimum Gasteiger partial charge on any atom is -0.492 e. The van der Waals surface area contributed by atoms with Crippen LogP contribution >= 0.6 is 12.4 Å². The molecule has 0 saturated carbocycles. The van der Waals surface area contributed by atoms with Gasteiger partial charge in [0.25, 0.3) is 0 Å². The first-order chi connectivity index (χ1) is 11.2. The Bertz CT molecular complexity index is 436. The van der Waals surface area contributed by atoms with Crippen LogP contribution in [0.1, 0.15) is 40.0 Å². The molecule has 0 radical (unpaired) electrons. The van der Waals surface area contributed by atoms with Crippen molar-refractivity contribution in [3.63, 3.8) is 0 Å². The van der Waals surface area contributed by atoms with E-state index in [-0.39, 0.29) is 12.4 Å². The third-order valence-corrected chi connectivity index (χ3v) is 3.65. The quantitative estimate of drug-likeness (QED) is 0.589. The highest BCUT2D eigenvalue weighted by atomic mass is 35.5. The minimum absolute atomic E-state index is 0. The second-order valence-corrected chi connectivity index (χ2v) is 5.37. The van der Waals surface area contributed by atoms with Crippen LogP contribution in [0.2, 0.25) is 0 Å². The van der Waals surface area contributed by atoms with Gasteiger partial charge in [0.05, 0.1) is 6.61 Å². The number of rotatable bonds is 11. The van der Waals surface area contributed by atoms with Crippen molar-refractivity contribution in [3.05, 3.63) is 24.3 Å². The van der Waals surface area contributed by atoms with Crippen LogP contribution in [0.25, 0.3) is 0 Å². The number of hydrogen-bond donors (Lipinski definition) is 1. The number of halogens is 1. The van der Waals surface area contributed by atoms with Crippen molar-refractivity contribution >= 4 is 24.2 Å². The summed E-state index contributed by atoms with van der Waals surface area (Å²) < 4.78 is 10.8. The zero-order chi connectivity index (χ0) is 16.9. The standard InChI is InChI=1S/C18H30N2O3.ClH/c1-4-7-8-14-23-18(21)19-16-9-11-17(12-10-16)22-15-13-20(5-2)6-3;/h9-12H,4-8,13-15H2,1-3H3,(H,19,21);1H. The molecule has 0 fully saturated rings. The van der Waals surface area contributed by atoms with Crippen LogP contribution < -0.4 is 10.1 Å². The van der Waals surface area contributed by atoms with E-state index in [9.17, 15) is 4.79 Å². The van der Waals surface area contributed by atoms with Gasteiger partial charge in [-0.05, 0) is 43.8 Å². The number of ether oxygens (including phenoxy) is 2. The second-order valence-electron chi connectivity index (χ2n) is 5.37. The zero-order valence-electron chi connectivity index (χ0n) is 15.0. The summed E-state index contributed by atoms with van der Waals surface area (Å²) in [5.74, 6) is 0.805. The molecule has 1 N–H and O–H groups in total. The summed E-state index contributed by atoms with van der Waals surface area (Å²) >= 11 is 0. The SMILES string of the molecule is CCCCCOC(=O)Nc1ccc(OCCN(CC)CC)cc1.Cl. The van der Waals surface area contributed by atoms with E-state index in [4.69, 9.17) is 9.47 Å². The van der Waals surface area contributed by atoms with Crippen molar-refractivity contribution < 1.29 is 14.3 Å². The van der Waals surface area contributed by atoms with Crippen molar-refractivity contribution in [3.8, 4) is 5.75 Å². The summed E-state index contributed by atoms with van der Waals surface area (Å²) in [6.45, 7) is 10.5. The molecule has 0 aliphatic heterocycles. The van der Waals surface area contributed by atoms with Crippen LogP contribution in [0.4, 0.5) is 10.5 Å². The summed E-state index contributed by atoms with van der Waals surface area (Å²) in [5.41, 5.74) is 0.710. The molecule has 5 nitrogen and oxygen atoms in total. The minimum atomic E-state index is -0.406. The lowest BCUT2D eigenvalue weighted by molar-refractivity contribution is 0.159. The smallest absolute Gasteiger partial charge is 0.411 e. The molecule has 0 spiro atoms. The fourth-order valence-electron chi connectivity index (χ4n) is 2.14. The molecule has 138 valence electrons. The van der Waals surface area contributed by atoms with Crippen LogP contribution in [0.3, 0.4) is 0 Å². The molecular formula is C18H31ClN2O3. The highest BCUT2D eigenvalue weighted by Crippen LogP contribution is 2.16. The number of nitrogens with zero attached hydrogens (tertiary/aromatic N) is 1. The number of unbranched alkanes of at least 4 members (excludes halogenated alkanes) is 2. The zero-order valence-corrected chi connectivity index (χ0v) is 15.9. The molecule has 24 heavy (non-hydrogen) atoms. The Hall–Kier alpha value is -1.46. The number of anilines is 1. The van der Waals surface area contributed by atoms with Gasteiger partial charge in [-0.2, -0.15) is 0 Å². The molecule has 1 rings (SSSR count). The Kier molecular flexibility index (Phi) is 13.1. The highest BCUT2D eigenvalue weighted by molar-refractivity contribution is 5.85. The molecule has 0 atom stereocenters. The van der Waals surface area contributed by atoms with Crippen molar-refractivity contribution in [2.75, 3.05) is 38.2 Å². The molecule has 0 aromatic heterocycles. The number of amides is 1. The fraction of sp³-hybridized carbons (Fsp3) is 0.611. The predicted octanol–water partition coefficient (Wildman–Crippen LogP) is 4.57. The number of nitrogens with one attached hydrogen (secondary N) is 1. The first kappa shape index (κ1) is 22.5. The van der Waals surface area contributed by atoms with E-state index < -0.39 is 6.09 Å². The topological polar surface area (TPSA) is 50.8 Å². The van der Waals surface area contributed by atoms with E-state index in [2.05, 4.69) is 31.0 Å². The molecule has 6 heteroatoms.